The van der Waals surface area contributed by atoms with Crippen molar-refractivity contribution in [3.05, 3.63) is 0 Å². The van der Waals surface area contributed by atoms with E-state index in [0.29, 0.717) is 12.8 Å². The maximum Gasteiger partial charge on any atom is 0.326 e. The fourth-order valence-corrected chi connectivity index (χ4v) is 3.90. The number of hydrogen-bond acceptors (Lipinski definition) is 11. The highest BCUT2D eigenvalue weighted by Crippen LogP contribution is 2.08. The SMILES string of the molecule is NCCCCC(NC(=O)C(CCC(=O)O)NC(=O)C(CCC(N)=O)NC(=O)C(N)CCC(=O)O)C(=O)NC(CCC(N)=O)C(=O)O. The zero-order valence-corrected chi connectivity index (χ0v) is 25.2. The Hall–Kier alpha value is -4.85. The van der Waals surface area contributed by atoms with Gasteiger partial charge in [-0.15, -0.1) is 0 Å². The van der Waals surface area contributed by atoms with Gasteiger partial charge in [0.2, 0.25) is 35.4 Å². The first-order valence-corrected chi connectivity index (χ1v) is 14.4. The predicted molar refractivity (Wildman–Crippen MR) is 157 cm³/mol. The normalized spacial score (nSPS) is 14.0. The number of aliphatic carboxylic acids is 3. The summed E-state index contributed by atoms with van der Waals surface area (Å²) < 4.78 is 0. The number of hydrogen-bond donors (Lipinski definition) is 11. The third-order valence-electron chi connectivity index (χ3n) is 6.47. The predicted octanol–water partition coefficient (Wildman–Crippen LogP) is -4.27. The average molecular weight is 661 g/mol. The van der Waals surface area contributed by atoms with Gasteiger partial charge in [0.1, 0.15) is 24.2 Å². The van der Waals surface area contributed by atoms with Crippen molar-refractivity contribution in [3.8, 4) is 0 Å². The Bertz CT molecular complexity index is 1120. The van der Waals surface area contributed by atoms with Crippen molar-refractivity contribution in [2.45, 2.75) is 101 Å². The number of rotatable bonds is 25. The van der Waals surface area contributed by atoms with Crippen molar-refractivity contribution in [2.24, 2.45) is 22.9 Å². The number of carbonyl (C=O) groups is 9. The lowest BCUT2D eigenvalue weighted by atomic mass is 10.0. The van der Waals surface area contributed by atoms with Gasteiger partial charge in [-0.05, 0) is 51.5 Å². The van der Waals surface area contributed by atoms with Crippen LogP contribution < -0.4 is 44.2 Å². The summed E-state index contributed by atoms with van der Waals surface area (Å²) in [5.41, 5.74) is 21.4. The topological polar surface area (TPSA) is 367 Å². The number of nitrogens with two attached hydrogens (primary N) is 4. The maximum absolute atomic E-state index is 13.3. The van der Waals surface area contributed by atoms with Gasteiger partial charge in [-0.2, -0.15) is 0 Å². The molecule has 20 nitrogen and oxygen atoms in total. The number of carboxylic acid groups (broad SMARTS) is 3. The highest BCUT2D eigenvalue weighted by molar-refractivity contribution is 5.96. The minimum Gasteiger partial charge on any atom is -0.481 e. The largest absolute Gasteiger partial charge is 0.481 e. The molecular weight excluding hydrogens is 616 g/mol. The van der Waals surface area contributed by atoms with Crippen molar-refractivity contribution < 1.29 is 58.5 Å². The lowest BCUT2D eigenvalue weighted by Crippen LogP contribution is -2.58. The van der Waals surface area contributed by atoms with Crippen LogP contribution in [0.5, 0.6) is 0 Å². The molecule has 0 fully saturated rings. The number of carbonyl (C=O) groups excluding carboxylic acids is 6. The molecule has 6 amide bonds. The van der Waals surface area contributed by atoms with Gasteiger partial charge < -0.3 is 59.5 Å². The number of unbranched alkanes of at least 4 members (excludes halogenated alkanes) is 1. The van der Waals surface area contributed by atoms with E-state index in [1.54, 1.807) is 0 Å². The summed E-state index contributed by atoms with van der Waals surface area (Å²) in [7, 11) is 0. The smallest absolute Gasteiger partial charge is 0.326 e. The van der Waals surface area contributed by atoms with E-state index in [-0.39, 0.29) is 38.6 Å². The molecule has 0 heterocycles. The first-order valence-electron chi connectivity index (χ1n) is 14.4. The zero-order valence-electron chi connectivity index (χ0n) is 25.2. The van der Waals surface area contributed by atoms with Gasteiger partial charge >= 0.3 is 17.9 Å². The molecule has 0 rings (SSSR count). The number of nitrogens with one attached hydrogen (secondary N) is 4. The summed E-state index contributed by atoms with van der Waals surface area (Å²) in [6, 6.07) is -7.38. The molecule has 15 N–H and O–H groups in total. The summed E-state index contributed by atoms with van der Waals surface area (Å²) in [4.78, 5) is 108. The first kappa shape index (κ1) is 41.1. The van der Waals surface area contributed by atoms with Crippen LogP contribution in [0, 0.1) is 0 Å². The van der Waals surface area contributed by atoms with Gasteiger partial charge in [0.25, 0.3) is 0 Å². The molecule has 0 aromatic heterocycles. The number of carboxylic acids is 3. The molecule has 5 atom stereocenters. The standard InChI is InChI=1S/C26H44N8O12/c27-12-2-1-3-14(23(42)34-17(26(45)46)6-9-19(30)36)32-25(44)16(7-11-21(39)40)33-24(43)15(5-8-18(29)35)31-22(41)13(28)4-10-20(37)38/h13-17H,1-12,27-28H2,(H2,29,35)(H2,30,36)(H,31,41)(H,32,44)(H,33,43)(H,34,42)(H,37,38)(H,39,40)(H,45,46). The van der Waals surface area contributed by atoms with Crippen LogP contribution in [0.25, 0.3) is 0 Å². The third kappa shape index (κ3) is 18.1. The lowest BCUT2D eigenvalue weighted by molar-refractivity contribution is -0.142. The molecule has 0 saturated heterocycles. The molecule has 0 aliphatic carbocycles. The molecule has 0 saturated carbocycles. The van der Waals surface area contributed by atoms with Gasteiger partial charge in [0.15, 0.2) is 0 Å². The van der Waals surface area contributed by atoms with Crippen molar-refractivity contribution >= 4 is 53.4 Å². The van der Waals surface area contributed by atoms with E-state index in [9.17, 15) is 53.4 Å². The fraction of sp³-hybridized carbons (Fsp3) is 0.654. The quantitative estimate of drug-likeness (QED) is 0.0413. The van der Waals surface area contributed by atoms with Crippen molar-refractivity contribution in [1.82, 2.24) is 21.3 Å². The van der Waals surface area contributed by atoms with Crippen LogP contribution >= 0.6 is 0 Å². The second-order valence-electron chi connectivity index (χ2n) is 10.3. The minimum atomic E-state index is -1.60. The van der Waals surface area contributed by atoms with Gasteiger partial charge in [0, 0.05) is 25.7 Å². The van der Waals surface area contributed by atoms with E-state index >= 15 is 0 Å². The van der Waals surface area contributed by atoms with Crippen LogP contribution in [0.15, 0.2) is 0 Å². The molecule has 260 valence electrons. The van der Waals surface area contributed by atoms with Crippen molar-refractivity contribution in [2.75, 3.05) is 6.54 Å². The molecule has 0 aliphatic rings. The lowest BCUT2D eigenvalue weighted by Gasteiger charge is -2.26. The Labute approximate surface area is 263 Å². The molecule has 46 heavy (non-hydrogen) atoms. The molecule has 0 radical (unpaired) electrons. The van der Waals surface area contributed by atoms with E-state index < -0.39 is 109 Å². The van der Waals surface area contributed by atoms with Gasteiger partial charge in [-0.1, -0.05) is 0 Å². The van der Waals surface area contributed by atoms with Crippen LogP contribution in [0.1, 0.15) is 70.6 Å². The van der Waals surface area contributed by atoms with E-state index in [1.165, 1.54) is 0 Å². The molecule has 0 aromatic rings. The molecule has 0 aromatic carbocycles. The van der Waals surface area contributed by atoms with Crippen LogP contribution in [0.3, 0.4) is 0 Å². The molecule has 0 spiro atoms. The summed E-state index contributed by atoms with van der Waals surface area (Å²) in [6.45, 7) is 0.230. The monoisotopic (exact) mass is 660 g/mol. The highest BCUT2D eigenvalue weighted by atomic mass is 16.4. The molecule has 20 heteroatoms. The van der Waals surface area contributed by atoms with Gasteiger partial charge in [-0.25, -0.2) is 4.79 Å². The Balaban J connectivity index is 6.03. The highest BCUT2D eigenvalue weighted by Gasteiger charge is 2.32. The number of amides is 6. The number of primary amides is 2. The zero-order chi connectivity index (χ0) is 35.4. The summed E-state index contributed by atoms with van der Waals surface area (Å²) in [6.07, 6.45) is -2.65. The van der Waals surface area contributed by atoms with Gasteiger partial charge in [0.05, 0.1) is 6.04 Å². The Kier molecular flexibility index (Phi) is 19.5. The van der Waals surface area contributed by atoms with E-state index in [4.69, 9.17) is 28.0 Å². The first-order chi connectivity index (χ1) is 21.5. The average Bonchev–Trinajstić information content (AvgIpc) is 2.96. The van der Waals surface area contributed by atoms with Crippen LogP contribution in [-0.2, 0) is 43.2 Å². The van der Waals surface area contributed by atoms with Crippen LogP contribution in [0.2, 0.25) is 0 Å². The summed E-state index contributed by atoms with van der Waals surface area (Å²) in [5.74, 6) is -9.67. The van der Waals surface area contributed by atoms with E-state index in [0.717, 1.165) is 0 Å². The second-order valence-corrected chi connectivity index (χ2v) is 10.3. The van der Waals surface area contributed by atoms with E-state index in [2.05, 4.69) is 21.3 Å². The van der Waals surface area contributed by atoms with Crippen molar-refractivity contribution in [1.29, 1.82) is 0 Å². The van der Waals surface area contributed by atoms with Crippen LogP contribution in [-0.4, -0.2) is 105 Å². The van der Waals surface area contributed by atoms with Gasteiger partial charge in [-0.3, -0.25) is 38.4 Å². The molecule has 5 unspecified atom stereocenters. The van der Waals surface area contributed by atoms with E-state index in [1.807, 2.05) is 0 Å². The Morgan fingerprint density at radius 3 is 1.28 bits per heavy atom. The minimum absolute atomic E-state index is 0.0396. The third-order valence-corrected chi connectivity index (χ3v) is 6.47. The molecule has 0 aliphatic heterocycles. The Morgan fingerprint density at radius 1 is 0.500 bits per heavy atom. The second kappa shape index (κ2) is 21.8. The fourth-order valence-electron chi connectivity index (χ4n) is 3.90. The molecule has 0 bridgehead atoms. The molecular formula is C26H44N8O12. The summed E-state index contributed by atoms with van der Waals surface area (Å²) >= 11 is 0. The van der Waals surface area contributed by atoms with Crippen molar-refractivity contribution in [3.63, 3.8) is 0 Å². The maximum atomic E-state index is 13.3. The summed E-state index contributed by atoms with van der Waals surface area (Å²) in [5, 5.41) is 36.6. The van der Waals surface area contributed by atoms with Crippen LogP contribution in [0.4, 0.5) is 0 Å². The Morgan fingerprint density at radius 2 is 0.870 bits per heavy atom.